The van der Waals surface area contributed by atoms with Crippen LogP contribution in [0.3, 0.4) is 0 Å². The number of aliphatic hydroxyl groups is 4. The monoisotopic (exact) mass is 1040 g/mol. The molecular weight excluding hydrogens is 965 g/mol. The van der Waals surface area contributed by atoms with Crippen LogP contribution in [-0.2, 0) is 54.3 Å². The van der Waals surface area contributed by atoms with Crippen LogP contribution in [0.2, 0.25) is 0 Å². The van der Waals surface area contributed by atoms with Gasteiger partial charge in [0.2, 0.25) is 47.3 Å². The zero-order valence-corrected chi connectivity index (χ0v) is 43.8. The van der Waals surface area contributed by atoms with E-state index in [-0.39, 0.29) is 18.6 Å². The van der Waals surface area contributed by atoms with Gasteiger partial charge < -0.3 is 72.4 Å². The number of carbonyl (C=O) groups is 9. The number of amides is 8. The Morgan fingerprint density at radius 3 is 1.88 bits per heavy atom. The van der Waals surface area contributed by atoms with E-state index in [9.17, 15) is 68.7 Å². The second-order valence-corrected chi connectivity index (χ2v) is 19.3. The SMILES string of the molecule is CCCCCC/C=C\CC(=O)N[C@@H](CO)C(=O)N[C@H](C(=O)N[C@@H](CO)[C@@H](O)CC(=O)N[C@@H](CO)C(=O)N[C@H](C(=O)N[C@@H]1C=CC(=O)N[C@@H](C(C)C)C(=O)N(C)[C@@H](Cc2ccc(O)cc2)C(=O)OC1)C(C)C)C(C)C. The number of carbonyl (C=O) groups excluding carboxylic acids is 9. The summed E-state index contributed by atoms with van der Waals surface area (Å²) in [6.45, 7) is 8.72. The second kappa shape index (κ2) is 32.7. The van der Waals surface area contributed by atoms with Gasteiger partial charge in [0.25, 0.3) is 0 Å². The Morgan fingerprint density at radius 1 is 0.757 bits per heavy atom. The molecule has 12 N–H and O–H groups in total. The van der Waals surface area contributed by atoms with Crippen molar-refractivity contribution in [3.63, 3.8) is 0 Å². The number of phenols is 1. The van der Waals surface area contributed by atoms with Gasteiger partial charge in [-0.1, -0.05) is 98.1 Å². The molecule has 0 unspecified atom stereocenters. The molecule has 0 saturated heterocycles. The topological polar surface area (TPSA) is 351 Å². The Labute approximate surface area is 433 Å². The standard InChI is InChI=1S/C51H80N8O15/c1-9-10-11-12-13-14-15-16-40(65)53-36(26-61)46(68)58-44(30(4)5)49(71)55-35(25-60)39(64)24-42(67)54-37(27-62)47(69)57-43(29(2)3)48(70)52-33-19-22-41(66)56-45(31(6)7)50(72)59(8)38(51(73)74-28-33)23-32-17-20-34(63)21-18-32/h14-15,17-22,29-31,33,35-39,43-45,60-64H,9-13,16,23-28H2,1-8H3,(H,52,70)(H,53,65)(H,54,67)(H,55,71)(H,56,66)(H,57,69)(H,58,68)/b15-14-,22-19?/t33-,35+,36+,37+,38+,39+,43+,44+,45+/m1/s1. The van der Waals surface area contributed by atoms with Crippen molar-refractivity contribution in [3.05, 3.63) is 54.1 Å². The van der Waals surface area contributed by atoms with Crippen molar-refractivity contribution < 1.29 is 73.4 Å². The molecule has 1 aliphatic rings. The molecular formula is C51H80N8O15. The molecule has 1 aromatic rings. The van der Waals surface area contributed by atoms with E-state index in [4.69, 9.17) is 4.74 Å². The van der Waals surface area contributed by atoms with Gasteiger partial charge in [-0.2, -0.15) is 0 Å². The van der Waals surface area contributed by atoms with Crippen molar-refractivity contribution in [2.75, 3.05) is 33.5 Å². The van der Waals surface area contributed by atoms with Gasteiger partial charge in [-0.25, -0.2) is 4.79 Å². The molecule has 9 atom stereocenters. The lowest BCUT2D eigenvalue weighted by Crippen LogP contribution is -2.59. The lowest BCUT2D eigenvalue weighted by atomic mass is 9.99. The Morgan fingerprint density at radius 2 is 1.34 bits per heavy atom. The maximum atomic E-state index is 13.8. The van der Waals surface area contributed by atoms with E-state index in [1.807, 2.05) is 6.08 Å². The van der Waals surface area contributed by atoms with E-state index in [2.05, 4.69) is 44.1 Å². The maximum Gasteiger partial charge on any atom is 0.329 e. The predicted octanol–water partition coefficient (Wildman–Crippen LogP) is -1.12. The lowest BCUT2D eigenvalue weighted by molar-refractivity contribution is -0.156. The van der Waals surface area contributed by atoms with Crippen molar-refractivity contribution in [1.82, 2.24) is 42.1 Å². The Hall–Kier alpha value is -6.43. The molecule has 8 amide bonds. The summed E-state index contributed by atoms with van der Waals surface area (Å²) in [5.74, 6) is -8.85. The first kappa shape index (κ1) is 63.7. The van der Waals surface area contributed by atoms with Gasteiger partial charge in [-0.15, -0.1) is 0 Å². The second-order valence-electron chi connectivity index (χ2n) is 19.3. The molecule has 0 spiro atoms. The summed E-state index contributed by atoms with van der Waals surface area (Å²) in [5.41, 5.74) is 0.582. The normalized spacial score (nSPS) is 19.0. The summed E-state index contributed by atoms with van der Waals surface area (Å²) in [6.07, 6.45) is 8.26. The molecule has 1 aromatic carbocycles. The number of esters is 1. The number of hydrogen-bond donors (Lipinski definition) is 12. The van der Waals surface area contributed by atoms with Crippen LogP contribution in [0.5, 0.6) is 5.75 Å². The third-order valence-corrected chi connectivity index (χ3v) is 12.1. The number of aromatic hydroxyl groups is 1. The number of hydrogen-bond acceptors (Lipinski definition) is 15. The first-order valence-corrected chi connectivity index (χ1v) is 25.1. The van der Waals surface area contributed by atoms with Crippen LogP contribution in [0.15, 0.2) is 48.6 Å². The minimum Gasteiger partial charge on any atom is -0.508 e. The third-order valence-electron chi connectivity index (χ3n) is 12.1. The van der Waals surface area contributed by atoms with Crippen LogP contribution in [0.25, 0.3) is 0 Å². The fraction of sp³-hybridized carbons (Fsp3) is 0.627. The smallest absolute Gasteiger partial charge is 0.329 e. The Balaban J connectivity index is 2.13. The predicted molar refractivity (Wildman–Crippen MR) is 271 cm³/mol. The van der Waals surface area contributed by atoms with Crippen LogP contribution in [0.1, 0.15) is 99.0 Å². The average Bonchev–Trinajstić information content (AvgIpc) is 3.35. The van der Waals surface area contributed by atoms with E-state index in [1.54, 1.807) is 59.8 Å². The van der Waals surface area contributed by atoms with Crippen molar-refractivity contribution >= 4 is 53.2 Å². The van der Waals surface area contributed by atoms with Gasteiger partial charge in [-0.3, -0.25) is 38.4 Å². The van der Waals surface area contributed by atoms with Crippen molar-refractivity contribution in [3.8, 4) is 5.75 Å². The summed E-state index contributed by atoms with van der Waals surface area (Å²) >= 11 is 0. The quantitative estimate of drug-likeness (QED) is 0.0269. The van der Waals surface area contributed by atoms with E-state index >= 15 is 0 Å². The van der Waals surface area contributed by atoms with Crippen LogP contribution >= 0.6 is 0 Å². The highest BCUT2D eigenvalue weighted by Gasteiger charge is 2.37. The number of nitrogens with zero attached hydrogens (tertiary/aromatic N) is 1. The third kappa shape index (κ3) is 21.6. The van der Waals surface area contributed by atoms with E-state index in [1.165, 1.54) is 30.2 Å². The molecule has 0 aliphatic carbocycles. The minimum atomic E-state index is -1.77. The van der Waals surface area contributed by atoms with Gasteiger partial charge in [0.05, 0.1) is 44.4 Å². The molecule has 23 heteroatoms. The molecule has 0 saturated carbocycles. The largest absolute Gasteiger partial charge is 0.508 e. The van der Waals surface area contributed by atoms with Gasteiger partial charge in [0.15, 0.2) is 0 Å². The number of rotatable bonds is 28. The molecule has 2 rings (SSSR count). The first-order valence-electron chi connectivity index (χ1n) is 25.1. The molecule has 74 heavy (non-hydrogen) atoms. The fourth-order valence-electron chi connectivity index (χ4n) is 7.55. The Kier molecular flexibility index (Phi) is 28.1. The van der Waals surface area contributed by atoms with Crippen molar-refractivity contribution in [1.29, 1.82) is 0 Å². The van der Waals surface area contributed by atoms with Gasteiger partial charge in [0.1, 0.15) is 48.6 Å². The number of ether oxygens (including phenoxy) is 1. The summed E-state index contributed by atoms with van der Waals surface area (Å²) in [6, 6.07) is -4.61. The number of unbranched alkanes of at least 4 members (excludes halogenated alkanes) is 4. The molecule has 414 valence electrons. The molecule has 0 aromatic heterocycles. The van der Waals surface area contributed by atoms with E-state index in [0.717, 1.165) is 38.2 Å². The van der Waals surface area contributed by atoms with Gasteiger partial charge in [-0.05, 0) is 48.3 Å². The summed E-state index contributed by atoms with van der Waals surface area (Å²) < 4.78 is 5.62. The fourth-order valence-corrected chi connectivity index (χ4v) is 7.55. The van der Waals surface area contributed by atoms with E-state index in [0.29, 0.717) is 5.56 Å². The maximum absolute atomic E-state index is 13.8. The first-order chi connectivity index (χ1) is 35.0. The molecule has 0 fully saturated rings. The number of benzene rings is 1. The highest BCUT2D eigenvalue weighted by molar-refractivity contribution is 5.96. The van der Waals surface area contributed by atoms with Crippen molar-refractivity contribution in [2.45, 2.75) is 154 Å². The molecule has 23 nitrogen and oxygen atoms in total. The highest BCUT2D eigenvalue weighted by Crippen LogP contribution is 2.18. The number of phenolic OH excluding ortho intramolecular Hbond substituents is 1. The summed E-state index contributed by atoms with van der Waals surface area (Å²) in [5, 5.41) is 68.1. The van der Waals surface area contributed by atoms with Crippen LogP contribution in [-0.4, -0.2) is 172 Å². The van der Waals surface area contributed by atoms with Crippen LogP contribution < -0.4 is 37.2 Å². The molecule has 1 heterocycles. The number of aliphatic hydroxyl groups excluding tert-OH is 4. The molecule has 0 bridgehead atoms. The number of likely N-dealkylation sites (N-methyl/N-ethyl adjacent to an activating group) is 1. The van der Waals surface area contributed by atoms with Crippen LogP contribution in [0, 0.1) is 17.8 Å². The lowest BCUT2D eigenvalue weighted by Gasteiger charge is -2.32. The minimum absolute atomic E-state index is 0.0130. The van der Waals surface area contributed by atoms with Crippen molar-refractivity contribution in [2.24, 2.45) is 17.8 Å². The zero-order valence-electron chi connectivity index (χ0n) is 43.8. The average molecular weight is 1050 g/mol. The Bertz CT molecular complexity index is 2080. The molecule has 1 aliphatic heterocycles. The highest BCUT2D eigenvalue weighted by atomic mass is 16.5. The number of cyclic esters (lactones) is 1. The summed E-state index contributed by atoms with van der Waals surface area (Å²) in [7, 11) is 1.40. The van der Waals surface area contributed by atoms with Gasteiger partial charge >= 0.3 is 5.97 Å². The zero-order chi connectivity index (χ0) is 55.7. The number of nitrogens with one attached hydrogen (secondary N) is 7. The van der Waals surface area contributed by atoms with Gasteiger partial charge in [0, 0.05) is 26.0 Å². The number of allylic oxidation sites excluding steroid dienone is 1. The van der Waals surface area contributed by atoms with E-state index < -0.39 is 158 Å². The summed E-state index contributed by atoms with van der Waals surface area (Å²) in [4.78, 5) is 121. The molecule has 0 radical (unpaired) electrons. The van der Waals surface area contributed by atoms with Crippen LogP contribution in [0.4, 0.5) is 0 Å².